The fourth-order valence-corrected chi connectivity index (χ4v) is 3.85. The van der Waals surface area contributed by atoms with Crippen molar-refractivity contribution in [1.82, 2.24) is 0 Å². The van der Waals surface area contributed by atoms with Crippen LogP contribution in [0, 0.1) is 17.8 Å². The van der Waals surface area contributed by atoms with E-state index in [-0.39, 0.29) is 30.0 Å². The Morgan fingerprint density at radius 2 is 2.00 bits per heavy atom. The fourth-order valence-electron chi connectivity index (χ4n) is 3.85. The number of hydrogen-bond acceptors (Lipinski definition) is 4. The highest BCUT2D eigenvalue weighted by Gasteiger charge is 2.39. The van der Waals surface area contributed by atoms with E-state index in [9.17, 15) is 19.8 Å². The number of rotatable bonds is 13. The number of aliphatic hydroxyl groups is 2. The standard InChI is InChI=1S/C22H38O5/c1-4-5-13-22(3,27)14-9-12-18-17(19(23)15-20(18)24)11-8-6-7-10-16(2)21(25)26/h9,12,16-18,20,24,27H,4-8,10-11,13-15H2,1-3H3,(H,25,26). The van der Waals surface area contributed by atoms with Crippen molar-refractivity contribution in [2.24, 2.45) is 17.8 Å². The van der Waals surface area contributed by atoms with Crippen molar-refractivity contribution in [3.63, 3.8) is 0 Å². The second-order valence-electron chi connectivity index (χ2n) is 8.53. The van der Waals surface area contributed by atoms with Gasteiger partial charge in [0, 0.05) is 18.3 Å². The van der Waals surface area contributed by atoms with Crippen LogP contribution in [0.25, 0.3) is 0 Å². The van der Waals surface area contributed by atoms with Crippen LogP contribution in [0.4, 0.5) is 0 Å². The first-order valence-electron chi connectivity index (χ1n) is 10.5. The molecule has 0 aromatic carbocycles. The summed E-state index contributed by atoms with van der Waals surface area (Å²) in [5.41, 5.74) is -0.740. The molecule has 0 spiro atoms. The van der Waals surface area contributed by atoms with Crippen LogP contribution in [0.2, 0.25) is 0 Å². The Bertz CT molecular complexity index is 497. The number of carbonyl (C=O) groups is 2. The van der Waals surface area contributed by atoms with Crippen molar-refractivity contribution in [3.05, 3.63) is 12.2 Å². The monoisotopic (exact) mass is 382 g/mol. The average molecular weight is 383 g/mol. The van der Waals surface area contributed by atoms with E-state index < -0.39 is 17.7 Å². The molecular weight excluding hydrogens is 344 g/mol. The van der Waals surface area contributed by atoms with E-state index in [1.165, 1.54) is 0 Å². The zero-order valence-corrected chi connectivity index (χ0v) is 17.2. The van der Waals surface area contributed by atoms with E-state index in [2.05, 4.69) is 6.92 Å². The predicted octanol–water partition coefficient (Wildman–Crippen LogP) is 4.11. The average Bonchev–Trinajstić information content (AvgIpc) is 2.86. The minimum absolute atomic E-state index is 0.119. The summed E-state index contributed by atoms with van der Waals surface area (Å²) >= 11 is 0. The lowest BCUT2D eigenvalue weighted by Gasteiger charge is -2.22. The highest BCUT2D eigenvalue weighted by molar-refractivity contribution is 5.84. The van der Waals surface area contributed by atoms with Gasteiger partial charge in [-0.2, -0.15) is 0 Å². The summed E-state index contributed by atoms with van der Waals surface area (Å²) in [5, 5.41) is 29.5. The molecule has 0 heterocycles. The predicted molar refractivity (Wildman–Crippen MR) is 106 cm³/mol. The highest BCUT2D eigenvalue weighted by Crippen LogP contribution is 2.34. The van der Waals surface area contributed by atoms with E-state index in [0.29, 0.717) is 12.8 Å². The number of Topliss-reactive ketones (excluding diaryl/α,β-unsaturated/α-hetero) is 1. The van der Waals surface area contributed by atoms with Crippen molar-refractivity contribution in [3.8, 4) is 0 Å². The molecule has 1 aliphatic rings. The molecule has 0 aliphatic heterocycles. The Morgan fingerprint density at radius 3 is 2.63 bits per heavy atom. The molecule has 5 unspecified atom stereocenters. The molecular formula is C22H38O5. The summed E-state index contributed by atoms with van der Waals surface area (Å²) in [6.45, 7) is 5.65. The van der Waals surface area contributed by atoms with E-state index in [4.69, 9.17) is 5.11 Å². The quantitative estimate of drug-likeness (QED) is 0.329. The highest BCUT2D eigenvalue weighted by atomic mass is 16.4. The van der Waals surface area contributed by atoms with Crippen molar-refractivity contribution < 1.29 is 24.9 Å². The van der Waals surface area contributed by atoms with E-state index in [1.54, 1.807) is 6.92 Å². The molecule has 1 aliphatic carbocycles. The molecule has 5 nitrogen and oxygen atoms in total. The first-order valence-corrected chi connectivity index (χ1v) is 10.5. The van der Waals surface area contributed by atoms with E-state index >= 15 is 0 Å². The molecule has 27 heavy (non-hydrogen) atoms. The minimum Gasteiger partial charge on any atom is -0.481 e. The van der Waals surface area contributed by atoms with Crippen LogP contribution in [0.15, 0.2) is 12.2 Å². The number of carboxylic acid groups (broad SMARTS) is 1. The molecule has 0 bridgehead atoms. The van der Waals surface area contributed by atoms with Gasteiger partial charge in [-0.3, -0.25) is 9.59 Å². The van der Waals surface area contributed by atoms with Crippen molar-refractivity contribution >= 4 is 11.8 Å². The van der Waals surface area contributed by atoms with Gasteiger partial charge in [-0.1, -0.05) is 58.1 Å². The second kappa shape index (κ2) is 11.6. The zero-order chi connectivity index (χ0) is 20.4. The van der Waals surface area contributed by atoms with Crippen LogP contribution < -0.4 is 0 Å². The smallest absolute Gasteiger partial charge is 0.306 e. The lowest BCUT2D eigenvalue weighted by Crippen LogP contribution is -2.23. The summed E-state index contributed by atoms with van der Waals surface area (Å²) in [5.74, 6) is -1.29. The Labute approximate surface area is 163 Å². The van der Waals surface area contributed by atoms with Gasteiger partial charge in [0.15, 0.2) is 0 Å². The van der Waals surface area contributed by atoms with Crippen LogP contribution >= 0.6 is 0 Å². The van der Waals surface area contributed by atoms with Crippen LogP contribution in [0.5, 0.6) is 0 Å². The fraction of sp³-hybridized carbons (Fsp3) is 0.818. The Hall–Kier alpha value is -1.20. The second-order valence-corrected chi connectivity index (χ2v) is 8.53. The molecule has 156 valence electrons. The van der Waals surface area contributed by atoms with Crippen molar-refractivity contribution in [1.29, 1.82) is 0 Å². The maximum Gasteiger partial charge on any atom is 0.306 e. The van der Waals surface area contributed by atoms with E-state index in [1.807, 2.05) is 19.1 Å². The Kier molecular flexibility index (Phi) is 10.2. The van der Waals surface area contributed by atoms with Crippen LogP contribution in [0.3, 0.4) is 0 Å². The molecule has 0 amide bonds. The minimum atomic E-state index is -0.760. The van der Waals surface area contributed by atoms with Gasteiger partial charge in [-0.25, -0.2) is 0 Å². The summed E-state index contributed by atoms with van der Waals surface area (Å²) in [6, 6.07) is 0. The van der Waals surface area contributed by atoms with Crippen molar-refractivity contribution in [2.75, 3.05) is 0 Å². The molecule has 0 aromatic heterocycles. The molecule has 5 atom stereocenters. The third kappa shape index (κ3) is 8.56. The summed E-state index contributed by atoms with van der Waals surface area (Å²) in [6.07, 6.45) is 10.7. The first-order chi connectivity index (χ1) is 12.7. The number of carboxylic acids is 1. The van der Waals surface area contributed by atoms with Crippen LogP contribution in [-0.2, 0) is 9.59 Å². The molecule has 1 saturated carbocycles. The molecule has 0 saturated heterocycles. The largest absolute Gasteiger partial charge is 0.481 e. The number of carbonyl (C=O) groups excluding carboxylic acids is 1. The number of unbranched alkanes of at least 4 members (excludes halogenated alkanes) is 3. The summed E-state index contributed by atoms with van der Waals surface area (Å²) < 4.78 is 0. The SMILES string of the molecule is CCCCC(C)(O)CC=CC1C(O)CC(=O)C1CCCCCC(C)C(=O)O. The lowest BCUT2D eigenvalue weighted by atomic mass is 9.87. The number of aliphatic carboxylic acids is 1. The molecule has 5 heteroatoms. The molecule has 1 rings (SSSR count). The van der Waals surface area contributed by atoms with Crippen molar-refractivity contribution in [2.45, 2.75) is 96.7 Å². The molecule has 0 radical (unpaired) electrons. The van der Waals surface area contributed by atoms with Gasteiger partial charge in [-0.15, -0.1) is 0 Å². The molecule has 3 N–H and O–H groups in total. The topological polar surface area (TPSA) is 94.8 Å². The van der Waals surface area contributed by atoms with Gasteiger partial charge in [0.1, 0.15) is 5.78 Å². The maximum absolute atomic E-state index is 12.2. The van der Waals surface area contributed by atoms with Gasteiger partial charge in [0.25, 0.3) is 0 Å². The third-order valence-corrected chi connectivity index (χ3v) is 5.79. The van der Waals surface area contributed by atoms with Gasteiger partial charge in [0.2, 0.25) is 0 Å². The zero-order valence-electron chi connectivity index (χ0n) is 17.2. The maximum atomic E-state index is 12.2. The molecule has 0 aromatic rings. The van der Waals surface area contributed by atoms with E-state index in [0.717, 1.165) is 44.9 Å². The summed E-state index contributed by atoms with van der Waals surface area (Å²) in [4.78, 5) is 23.1. The van der Waals surface area contributed by atoms with Gasteiger partial charge in [0.05, 0.1) is 17.6 Å². The lowest BCUT2D eigenvalue weighted by molar-refractivity contribution is -0.141. The van der Waals surface area contributed by atoms with Gasteiger partial charge < -0.3 is 15.3 Å². The normalized spacial score (nSPS) is 26.4. The number of aliphatic hydroxyl groups excluding tert-OH is 1. The third-order valence-electron chi connectivity index (χ3n) is 5.79. The Balaban J connectivity index is 2.46. The Morgan fingerprint density at radius 1 is 1.30 bits per heavy atom. The summed E-state index contributed by atoms with van der Waals surface area (Å²) in [7, 11) is 0. The van der Waals surface area contributed by atoms with Gasteiger partial charge >= 0.3 is 5.97 Å². The molecule has 1 fully saturated rings. The van der Waals surface area contributed by atoms with Crippen LogP contribution in [-0.4, -0.2) is 38.8 Å². The first kappa shape index (κ1) is 23.8. The van der Waals surface area contributed by atoms with Gasteiger partial charge in [-0.05, 0) is 32.6 Å². The van der Waals surface area contributed by atoms with Crippen LogP contribution in [0.1, 0.15) is 85.0 Å². The number of ketones is 1. The number of hydrogen-bond donors (Lipinski definition) is 3.